The molecule has 0 spiro atoms. The van der Waals surface area contributed by atoms with Gasteiger partial charge in [-0.05, 0) is 61.8 Å². The first-order chi connectivity index (χ1) is 12.0. The first-order valence-corrected chi connectivity index (χ1v) is 10.3. The number of methoxy groups -OCH3 is 1. The Hall–Kier alpha value is -0.280. The first-order valence-electron chi connectivity index (χ1n) is 9.59. The standard InChI is InChI=1S/C16H22Cl2O2.C3H8.C2H6/c1-11-15(17)9-13(10-16(11)18)12-3-5-14(6-4-12)20-8-7-19-2;1-3-2;1-2/h9-10,12,14H,3-8H2,1-2H3;3H2,1-2H3;1-2H3. The van der Waals surface area contributed by atoms with Crippen LogP contribution in [0.15, 0.2) is 12.1 Å². The Kier molecular flexibility index (Phi) is 14.7. The van der Waals surface area contributed by atoms with Crippen LogP contribution in [0.3, 0.4) is 0 Å². The van der Waals surface area contributed by atoms with Crippen LogP contribution in [0.1, 0.15) is 76.8 Å². The van der Waals surface area contributed by atoms with Gasteiger partial charge in [0, 0.05) is 17.2 Å². The molecule has 0 saturated heterocycles. The molecule has 0 atom stereocenters. The molecule has 1 aliphatic carbocycles. The molecule has 1 saturated carbocycles. The molecule has 0 aliphatic heterocycles. The van der Waals surface area contributed by atoms with Crippen molar-refractivity contribution in [3.05, 3.63) is 33.3 Å². The Bertz CT molecular complexity index is 432. The zero-order chi connectivity index (χ0) is 19.2. The van der Waals surface area contributed by atoms with Crippen molar-refractivity contribution in [1.82, 2.24) is 0 Å². The highest BCUT2D eigenvalue weighted by Crippen LogP contribution is 2.37. The minimum atomic E-state index is 0.373. The third kappa shape index (κ3) is 9.28. The Balaban J connectivity index is 0.00000104. The van der Waals surface area contributed by atoms with Gasteiger partial charge in [0.2, 0.25) is 0 Å². The van der Waals surface area contributed by atoms with Crippen LogP contribution < -0.4 is 0 Å². The summed E-state index contributed by atoms with van der Waals surface area (Å²) in [6.45, 7) is 11.6. The van der Waals surface area contributed by atoms with Crippen LogP contribution in [0, 0.1) is 6.92 Å². The van der Waals surface area contributed by atoms with E-state index in [2.05, 4.69) is 26.0 Å². The summed E-state index contributed by atoms with van der Waals surface area (Å²) in [5.74, 6) is 0.549. The average molecular weight is 391 g/mol. The molecule has 0 unspecified atom stereocenters. The molecule has 1 aliphatic rings. The smallest absolute Gasteiger partial charge is 0.0704 e. The zero-order valence-corrected chi connectivity index (χ0v) is 18.3. The van der Waals surface area contributed by atoms with Crippen molar-refractivity contribution < 1.29 is 9.47 Å². The maximum absolute atomic E-state index is 6.23. The average Bonchev–Trinajstić information content (AvgIpc) is 2.62. The molecule has 146 valence electrons. The molecule has 0 radical (unpaired) electrons. The van der Waals surface area contributed by atoms with Gasteiger partial charge in [-0.15, -0.1) is 0 Å². The van der Waals surface area contributed by atoms with Crippen molar-refractivity contribution in [2.75, 3.05) is 20.3 Å². The monoisotopic (exact) mass is 390 g/mol. The number of hydrogen-bond donors (Lipinski definition) is 0. The highest BCUT2D eigenvalue weighted by atomic mass is 35.5. The van der Waals surface area contributed by atoms with E-state index in [1.54, 1.807) is 7.11 Å². The minimum absolute atomic E-state index is 0.373. The first kappa shape index (κ1) is 24.7. The number of benzene rings is 1. The highest BCUT2D eigenvalue weighted by molar-refractivity contribution is 6.36. The maximum atomic E-state index is 6.23. The summed E-state index contributed by atoms with van der Waals surface area (Å²) >= 11 is 12.5. The summed E-state index contributed by atoms with van der Waals surface area (Å²) < 4.78 is 10.8. The lowest BCUT2D eigenvalue weighted by atomic mass is 9.82. The Labute approximate surface area is 165 Å². The highest BCUT2D eigenvalue weighted by Gasteiger charge is 2.23. The maximum Gasteiger partial charge on any atom is 0.0704 e. The molecule has 0 N–H and O–H groups in total. The third-order valence-electron chi connectivity index (χ3n) is 4.09. The normalized spacial score (nSPS) is 19.4. The van der Waals surface area contributed by atoms with Crippen LogP contribution in [-0.2, 0) is 9.47 Å². The molecular formula is C21H36Cl2O2. The van der Waals surface area contributed by atoms with Crippen LogP contribution in [-0.4, -0.2) is 26.4 Å². The van der Waals surface area contributed by atoms with Gasteiger partial charge in [-0.2, -0.15) is 0 Å². The lowest BCUT2D eigenvalue weighted by Crippen LogP contribution is -2.22. The Morgan fingerprint density at radius 3 is 1.88 bits per heavy atom. The fourth-order valence-electron chi connectivity index (χ4n) is 2.76. The molecule has 25 heavy (non-hydrogen) atoms. The van der Waals surface area contributed by atoms with Gasteiger partial charge in [0.15, 0.2) is 0 Å². The largest absolute Gasteiger partial charge is 0.382 e. The lowest BCUT2D eigenvalue weighted by Gasteiger charge is -2.29. The summed E-state index contributed by atoms with van der Waals surface area (Å²) in [4.78, 5) is 0. The van der Waals surface area contributed by atoms with Gasteiger partial charge in [-0.1, -0.05) is 57.3 Å². The number of rotatable bonds is 5. The van der Waals surface area contributed by atoms with Crippen LogP contribution >= 0.6 is 23.2 Å². The fourth-order valence-corrected chi connectivity index (χ4v) is 3.27. The van der Waals surface area contributed by atoms with Crippen LogP contribution in [0.5, 0.6) is 0 Å². The van der Waals surface area contributed by atoms with E-state index in [9.17, 15) is 0 Å². The molecule has 0 aromatic heterocycles. The fraction of sp³-hybridized carbons (Fsp3) is 0.714. The Morgan fingerprint density at radius 1 is 0.960 bits per heavy atom. The van der Waals surface area contributed by atoms with Crippen molar-refractivity contribution in [2.45, 2.75) is 78.7 Å². The third-order valence-corrected chi connectivity index (χ3v) is 4.88. The van der Waals surface area contributed by atoms with Gasteiger partial charge in [-0.3, -0.25) is 0 Å². The molecule has 4 heteroatoms. The number of ether oxygens (including phenoxy) is 2. The van der Waals surface area contributed by atoms with Gasteiger partial charge < -0.3 is 9.47 Å². The van der Waals surface area contributed by atoms with Gasteiger partial charge in [0.05, 0.1) is 19.3 Å². The second-order valence-electron chi connectivity index (χ2n) is 6.15. The van der Waals surface area contributed by atoms with E-state index >= 15 is 0 Å². The molecular weight excluding hydrogens is 355 g/mol. The molecule has 1 fully saturated rings. The van der Waals surface area contributed by atoms with E-state index in [0.29, 0.717) is 25.2 Å². The van der Waals surface area contributed by atoms with Crippen molar-refractivity contribution in [3.63, 3.8) is 0 Å². The molecule has 1 aromatic carbocycles. The van der Waals surface area contributed by atoms with Crippen molar-refractivity contribution in [1.29, 1.82) is 0 Å². The number of hydrogen-bond acceptors (Lipinski definition) is 2. The quantitative estimate of drug-likeness (QED) is 0.486. The molecule has 1 aromatic rings. The van der Waals surface area contributed by atoms with Gasteiger partial charge >= 0.3 is 0 Å². The van der Waals surface area contributed by atoms with Crippen molar-refractivity contribution >= 4 is 23.2 Å². The molecule has 2 nitrogen and oxygen atoms in total. The second-order valence-corrected chi connectivity index (χ2v) is 6.97. The topological polar surface area (TPSA) is 18.5 Å². The van der Waals surface area contributed by atoms with E-state index in [1.807, 2.05) is 20.8 Å². The molecule has 0 amide bonds. The molecule has 0 bridgehead atoms. The van der Waals surface area contributed by atoms with Gasteiger partial charge in [-0.25, -0.2) is 0 Å². The van der Waals surface area contributed by atoms with Crippen LogP contribution in [0.4, 0.5) is 0 Å². The van der Waals surface area contributed by atoms with E-state index in [0.717, 1.165) is 41.3 Å². The summed E-state index contributed by atoms with van der Waals surface area (Å²) in [6, 6.07) is 4.14. The van der Waals surface area contributed by atoms with Crippen molar-refractivity contribution in [3.8, 4) is 0 Å². The van der Waals surface area contributed by atoms with E-state index < -0.39 is 0 Å². The SMILES string of the molecule is CC.CCC.COCCOC1CCC(c2cc(Cl)c(C)c(Cl)c2)CC1. The van der Waals surface area contributed by atoms with E-state index in [-0.39, 0.29) is 0 Å². The van der Waals surface area contributed by atoms with Gasteiger partial charge in [0.1, 0.15) is 0 Å². The number of halogens is 2. The summed E-state index contributed by atoms with van der Waals surface area (Å²) in [5.41, 5.74) is 2.23. The summed E-state index contributed by atoms with van der Waals surface area (Å²) in [7, 11) is 1.70. The summed E-state index contributed by atoms with van der Waals surface area (Å²) in [5, 5.41) is 1.54. The minimum Gasteiger partial charge on any atom is -0.382 e. The molecule has 0 heterocycles. The van der Waals surface area contributed by atoms with Gasteiger partial charge in [0.25, 0.3) is 0 Å². The predicted molar refractivity (Wildman–Crippen MR) is 111 cm³/mol. The zero-order valence-electron chi connectivity index (χ0n) is 16.8. The van der Waals surface area contributed by atoms with E-state index in [1.165, 1.54) is 12.0 Å². The van der Waals surface area contributed by atoms with Crippen LogP contribution in [0.2, 0.25) is 10.0 Å². The summed E-state index contributed by atoms with van der Waals surface area (Å²) in [6.07, 6.45) is 6.08. The van der Waals surface area contributed by atoms with E-state index in [4.69, 9.17) is 32.7 Å². The Morgan fingerprint density at radius 2 is 1.44 bits per heavy atom. The van der Waals surface area contributed by atoms with Crippen molar-refractivity contribution in [2.24, 2.45) is 0 Å². The van der Waals surface area contributed by atoms with Crippen LogP contribution in [0.25, 0.3) is 0 Å². The second kappa shape index (κ2) is 14.8. The lowest BCUT2D eigenvalue weighted by molar-refractivity contribution is -0.00280. The predicted octanol–water partition coefficient (Wildman–Crippen LogP) is 7.43. The molecule has 2 rings (SSSR count).